The van der Waals surface area contributed by atoms with Crippen molar-refractivity contribution in [2.75, 3.05) is 14.2 Å². The molecule has 1 aliphatic rings. The van der Waals surface area contributed by atoms with Crippen molar-refractivity contribution in [2.45, 2.75) is 31.3 Å². The number of hydroxylamine groups is 2. The number of methoxy groups -OCH3 is 2. The Kier molecular flexibility index (Phi) is 7.41. The van der Waals surface area contributed by atoms with Gasteiger partial charge < -0.3 is 19.4 Å². The summed E-state index contributed by atoms with van der Waals surface area (Å²) in [6.45, 7) is 3.75. The highest BCUT2D eigenvalue weighted by Gasteiger charge is 2.34. The van der Waals surface area contributed by atoms with E-state index in [9.17, 15) is 14.7 Å². The van der Waals surface area contributed by atoms with Crippen LogP contribution in [0.25, 0.3) is 0 Å². The highest BCUT2D eigenvalue weighted by atomic mass is 16.7. The Morgan fingerprint density at radius 1 is 0.861 bits per heavy atom. The van der Waals surface area contributed by atoms with Crippen LogP contribution in [0.2, 0.25) is 0 Å². The molecule has 0 atom stereocenters. The van der Waals surface area contributed by atoms with E-state index in [0.717, 1.165) is 10.6 Å². The first-order valence-electron chi connectivity index (χ1n) is 11.7. The van der Waals surface area contributed by atoms with E-state index in [4.69, 9.17) is 14.3 Å². The summed E-state index contributed by atoms with van der Waals surface area (Å²) in [6.07, 6.45) is 1.34. The molecule has 1 amide bonds. The normalized spacial score (nSPS) is 13.6. The van der Waals surface area contributed by atoms with Crippen LogP contribution >= 0.6 is 0 Å². The first kappa shape index (κ1) is 25.0. The van der Waals surface area contributed by atoms with Crippen LogP contribution in [0.3, 0.4) is 0 Å². The van der Waals surface area contributed by atoms with E-state index in [-0.39, 0.29) is 12.3 Å². The van der Waals surface area contributed by atoms with Crippen LogP contribution in [-0.4, -0.2) is 36.3 Å². The Bertz CT molecular complexity index is 1170. The van der Waals surface area contributed by atoms with Crippen molar-refractivity contribution in [2.24, 2.45) is 0 Å². The van der Waals surface area contributed by atoms with Crippen molar-refractivity contribution < 1.29 is 29.0 Å². The summed E-state index contributed by atoms with van der Waals surface area (Å²) in [5.74, 6) is 0.632. The second-order valence-corrected chi connectivity index (χ2v) is 8.58. The topological polar surface area (TPSA) is 85.3 Å². The van der Waals surface area contributed by atoms with Crippen molar-refractivity contribution in [3.05, 3.63) is 107 Å². The van der Waals surface area contributed by atoms with Crippen LogP contribution in [0.15, 0.2) is 85.1 Å². The molecule has 186 valence electrons. The average Bonchev–Trinajstić information content (AvgIpc) is 3.24. The molecule has 1 fully saturated rings. The minimum atomic E-state index is -1.42. The fourth-order valence-electron chi connectivity index (χ4n) is 4.22. The van der Waals surface area contributed by atoms with Crippen LogP contribution in [0, 0.1) is 0 Å². The molecule has 4 rings (SSSR count). The van der Waals surface area contributed by atoms with E-state index in [1.807, 2.05) is 72.8 Å². The number of hydrogen-bond donors (Lipinski definition) is 1. The van der Waals surface area contributed by atoms with Gasteiger partial charge in [0.1, 0.15) is 17.1 Å². The quantitative estimate of drug-likeness (QED) is 0.447. The van der Waals surface area contributed by atoms with Gasteiger partial charge in [-0.05, 0) is 59.4 Å². The van der Waals surface area contributed by atoms with Crippen molar-refractivity contribution in [1.82, 2.24) is 5.06 Å². The number of allylic oxidation sites excluding steroid dienone is 1. The standard InChI is InChI=1S/C29H29NO6/c1-20-4-18-27(31)30(20)36-28(32)19-7-21-5-8-22(9-6-21)29(33,23-10-14-25(34-2)15-11-23)24-12-16-26(35-3)17-13-24/h5-6,8-17,33H,1,4,7,18-19H2,2-3H3. The van der Waals surface area contributed by atoms with Crippen LogP contribution in [0.4, 0.5) is 0 Å². The summed E-state index contributed by atoms with van der Waals surface area (Å²) in [6, 6.07) is 22.0. The molecule has 0 spiro atoms. The van der Waals surface area contributed by atoms with E-state index >= 15 is 0 Å². The predicted molar refractivity (Wildman–Crippen MR) is 134 cm³/mol. The molecule has 0 radical (unpaired) electrons. The van der Waals surface area contributed by atoms with Gasteiger partial charge in [0, 0.05) is 6.42 Å². The molecule has 1 N–H and O–H groups in total. The lowest BCUT2D eigenvalue weighted by Gasteiger charge is -2.30. The van der Waals surface area contributed by atoms with E-state index in [1.165, 1.54) is 0 Å². The number of rotatable bonds is 9. The Morgan fingerprint density at radius 3 is 1.75 bits per heavy atom. The fraction of sp³-hybridized carbons (Fsp3) is 0.241. The number of aryl methyl sites for hydroxylation is 1. The van der Waals surface area contributed by atoms with Crippen LogP contribution in [0.5, 0.6) is 11.5 Å². The van der Waals surface area contributed by atoms with E-state index in [2.05, 4.69) is 6.58 Å². The van der Waals surface area contributed by atoms with E-state index < -0.39 is 11.6 Å². The van der Waals surface area contributed by atoms with Crippen molar-refractivity contribution >= 4 is 11.9 Å². The van der Waals surface area contributed by atoms with Gasteiger partial charge in [-0.3, -0.25) is 4.79 Å². The number of carbonyl (C=O) groups is 2. The second kappa shape index (κ2) is 10.7. The second-order valence-electron chi connectivity index (χ2n) is 8.58. The summed E-state index contributed by atoms with van der Waals surface area (Å²) in [5.41, 5.74) is 2.00. The van der Waals surface area contributed by atoms with Crippen LogP contribution in [0.1, 0.15) is 41.5 Å². The molecule has 0 aromatic heterocycles. The zero-order valence-corrected chi connectivity index (χ0v) is 20.4. The fourth-order valence-corrected chi connectivity index (χ4v) is 4.22. The summed E-state index contributed by atoms with van der Waals surface area (Å²) >= 11 is 0. The Hall–Kier alpha value is -4.10. The van der Waals surface area contributed by atoms with Crippen molar-refractivity contribution in [3.8, 4) is 11.5 Å². The van der Waals surface area contributed by atoms with Gasteiger partial charge >= 0.3 is 5.97 Å². The van der Waals surface area contributed by atoms with Gasteiger partial charge in [-0.1, -0.05) is 55.1 Å². The molecule has 36 heavy (non-hydrogen) atoms. The molecule has 0 saturated carbocycles. The minimum absolute atomic E-state index is 0.109. The number of benzene rings is 3. The number of hydrogen-bond acceptors (Lipinski definition) is 6. The molecule has 0 bridgehead atoms. The predicted octanol–water partition coefficient (Wildman–Crippen LogP) is 4.51. The zero-order valence-electron chi connectivity index (χ0n) is 20.4. The largest absolute Gasteiger partial charge is 0.497 e. The first-order chi connectivity index (χ1) is 17.3. The highest BCUT2D eigenvalue weighted by molar-refractivity contribution is 5.82. The van der Waals surface area contributed by atoms with Crippen LogP contribution in [-0.2, 0) is 26.4 Å². The molecule has 0 aliphatic carbocycles. The molecule has 7 nitrogen and oxygen atoms in total. The Morgan fingerprint density at radius 2 is 1.33 bits per heavy atom. The summed E-state index contributed by atoms with van der Waals surface area (Å²) in [4.78, 5) is 29.2. The Balaban J connectivity index is 1.54. The van der Waals surface area contributed by atoms with Gasteiger partial charge in [-0.15, -0.1) is 5.06 Å². The maximum atomic E-state index is 12.2. The van der Waals surface area contributed by atoms with Crippen LogP contribution < -0.4 is 9.47 Å². The van der Waals surface area contributed by atoms with E-state index in [0.29, 0.717) is 53.1 Å². The van der Waals surface area contributed by atoms with Gasteiger partial charge in [0.2, 0.25) is 0 Å². The molecule has 3 aromatic rings. The molecule has 1 aliphatic heterocycles. The number of amides is 1. The lowest BCUT2D eigenvalue weighted by molar-refractivity contribution is -0.186. The van der Waals surface area contributed by atoms with Gasteiger partial charge in [-0.25, -0.2) is 4.79 Å². The molecule has 7 heteroatoms. The molecule has 0 unspecified atom stereocenters. The molecular formula is C29H29NO6. The van der Waals surface area contributed by atoms with Crippen molar-refractivity contribution in [3.63, 3.8) is 0 Å². The summed E-state index contributed by atoms with van der Waals surface area (Å²) < 4.78 is 10.6. The number of nitrogens with zero attached hydrogens (tertiary/aromatic N) is 1. The SMILES string of the molecule is C=C1CCC(=O)N1OC(=O)CCc1ccc(C(O)(c2ccc(OC)cc2)c2ccc(OC)cc2)cc1. The lowest BCUT2D eigenvalue weighted by Crippen LogP contribution is -2.29. The molecule has 3 aromatic carbocycles. The average molecular weight is 488 g/mol. The molecule has 1 heterocycles. The van der Waals surface area contributed by atoms with Gasteiger partial charge in [0.15, 0.2) is 0 Å². The maximum absolute atomic E-state index is 12.2. The third kappa shape index (κ3) is 5.11. The van der Waals surface area contributed by atoms with Crippen molar-refractivity contribution in [1.29, 1.82) is 0 Å². The molecule has 1 saturated heterocycles. The Labute approximate surface area is 210 Å². The van der Waals surface area contributed by atoms with Gasteiger partial charge in [0.05, 0.1) is 26.3 Å². The molecular weight excluding hydrogens is 458 g/mol. The maximum Gasteiger partial charge on any atom is 0.333 e. The number of carbonyl (C=O) groups excluding carboxylic acids is 2. The smallest absolute Gasteiger partial charge is 0.333 e. The zero-order chi connectivity index (χ0) is 25.7. The first-order valence-corrected chi connectivity index (χ1v) is 11.7. The number of aliphatic hydroxyl groups is 1. The van der Waals surface area contributed by atoms with E-state index in [1.54, 1.807) is 14.2 Å². The third-order valence-electron chi connectivity index (χ3n) is 6.34. The summed E-state index contributed by atoms with van der Waals surface area (Å²) in [7, 11) is 3.19. The lowest BCUT2D eigenvalue weighted by atomic mass is 9.80. The number of ether oxygens (including phenoxy) is 2. The summed E-state index contributed by atoms with van der Waals surface area (Å²) in [5, 5.41) is 13.1. The highest BCUT2D eigenvalue weighted by Crippen LogP contribution is 2.38. The monoisotopic (exact) mass is 487 g/mol. The third-order valence-corrected chi connectivity index (χ3v) is 6.34. The van der Waals surface area contributed by atoms with Gasteiger partial charge in [0.25, 0.3) is 5.91 Å². The minimum Gasteiger partial charge on any atom is -0.497 e. The van der Waals surface area contributed by atoms with Gasteiger partial charge in [-0.2, -0.15) is 0 Å².